The Hall–Kier alpha value is -2.57. The van der Waals surface area contributed by atoms with Gasteiger partial charge in [-0.15, -0.1) is 0 Å². The average molecular weight is 371 g/mol. The molecule has 144 valence electrons. The summed E-state index contributed by atoms with van der Waals surface area (Å²) < 4.78 is 13.6. The van der Waals surface area contributed by atoms with Crippen molar-refractivity contribution in [2.24, 2.45) is 0 Å². The first-order valence-electron chi connectivity index (χ1n) is 9.22. The molecule has 2 heterocycles. The van der Waals surface area contributed by atoms with Crippen LogP contribution < -0.4 is 10.2 Å². The molecule has 2 aromatic rings. The number of nitrogens with zero attached hydrogens (tertiary/aromatic N) is 4. The van der Waals surface area contributed by atoms with E-state index in [9.17, 15) is 9.18 Å². The first kappa shape index (κ1) is 19.2. The summed E-state index contributed by atoms with van der Waals surface area (Å²) in [6.45, 7) is 7.71. The maximum Gasteiger partial charge on any atom is 0.242 e. The van der Waals surface area contributed by atoms with Gasteiger partial charge in [-0.3, -0.25) is 9.78 Å². The van der Waals surface area contributed by atoms with Gasteiger partial charge in [0.15, 0.2) is 5.82 Å². The van der Waals surface area contributed by atoms with Gasteiger partial charge in [0.1, 0.15) is 23.4 Å². The Balaban J connectivity index is 1.98. The molecule has 0 aliphatic heterocycles. The number of halogens is 1. The number of hydrogen-bond acceptors (Lipinski definition) is 5. The largest absolute Gasteiger partial charge is 0.350 e. The smallest absolute Gasteiger partial charge is 0.242 e. The molecule has 0 saturated heterocycles. The minimum absolute atomic E-state index is 0.0687. The van der Waals surface area contributed by atoms with Crippen molar-refractivity contribution in [3.63, 3.8) is 0 Å². The zero-order valence-corrected chi connectivity index (χ0v) is 16.5. The summed E-state index contributed by atoms with van der Waals surface area (Å²) >= 11 is 0. The number of likely N-dealkylation sites (N-methyl/N-ethyl adjacent to an activating group) is 1. The van der Waals surface area contributed by atoms with Gasteiger partial charge in [-0.25, -0.2) is 14.4 Å². The van der Waals surface area contributed by atoms with E-state index in [-0.39, 0.29) is 17.3 Å². The number of carbonyl (C=O) groups is 1. The highest BCUT2D eigenvalue weighted by molar-refractivity contribution is 5.85. The number of fused-ring (bicyclic) bond motifs is 1. The number of aromatic nitrogens is 3. The second-order valence-corrected chi connectivity index (χ2v) is 8.04. The molecule has 3 rings (SSSR count). The average Bonchev–Trinajstić information content (AvgIpc) is 3.06. The van der Waals surface area contributed by atoms with E-state index in [4.69, 9.17) is 0 Å². The number of nitrogens with one attached hydrogen (secondary N) is 1. The molecule has 1 atom stereocenters. The van der Waals surface area contributed by atoms with Crippen molar-refractivity contribution in [3.05, 3.63) is 35.4 Å². The maximum atomic E-state index is 13.6. The predicted octanol–water partition coefficient (Wildman–Crippen LogP) is 2.91. The van der Waals surface area contributed by atoms with Gasteiger partial charge in [-0.05, 0) is 53.0 Å². The molecule has 1 unspecified atom stereocenters. The van der Waals surface area contributed by atoms with Gasteiger partial charge < -0.3 is 10.2 Å². The van der Waals surface area contributed by atoms with Gasteiger partial charge in [0, 0.05) is 36.1 Å². The molecule has 1 aliphatic carbocycles. The van der Waals surface area contributed by atoms with Gasteiger partial charge in [-0.2, -0.15) is 0 Å². The summed E-state index contributed by atoms with van der Waals surface area (Å²) in [6.07, 6.45) is 4.13. The third-order valence-electron chi connectivity index (χ3n) is 4.66. The van der Waals surface area contributed by atoms with Crippen LogP contribution in [0.4, 0.5) is 10.2 Å². The van der Waals surface area contributed by atoms with Crippen molar-refractivity contribution in [3.8, 4) is 11.5 Å². The summed E-state index contributed by atoms with van der Waals surface area (Å²) in [6, 6.07) is 2.22. The third-order valence-corrected chi connectivity index (χ3v) is 4.66. The molecular weight excluding hydrogens is 345 g/mol. The molecule has 27 heavy (non-hydrogen) atoms. The molecule has 1 amide bonds. The molecule has 1 N–H and O–H groups in total. The zero-order valence-electron chi connectivity index (χ0n) is 16.5. The van der Waals surface area contributed by atoms with Gasteiger partial charge in [-0.1, -0.05) is 0 Å². The molecule has 0 fully saturated rings. The number of hydrogen-bond donors (Lipinski definition) is 1. The molecule has 0 radical (unpaired) electrons. The van der Waals surface area contributed by atoms with Crippen molar-refractivity contribution in [1.82, 2.24) is 20.3 Å². The maximum absolute atomic E-state index is 13.6. The van der Waals surface area contributed by atoms with Crippen LogP contribution in [0.1, 0.15) is 45.4 Å². The molecule has 0 aromatic carbocycles. The van der Waals surface area contributed by atoms with Gasteiger partial charge in [0.05, 0.1) is 0 Å². The van der Waals surface area contributed by atoms with E-state index >= 15 is 0 Å². The Kier molecular flexibility index (Phi) is 5.13. The number of amides is 1. The zero-order chi connectivity index (χ0) is 19.8. The number of pyridine rings is 1. The van der Waals surface area contributed by atoms with Crippen molar-refractivity contribution < 1.29 is 9.18 Å². The van der Waals surface area contributed by atoms with Crippen LogP contribution in [0.5, 0.6) is 0 Å². The van der Waals surface area contributed by atoms with Crippen molar-refractivity contribution in [1.29, 1.82) is 0 Å². The van der Waals surface area contributed by atoms with Crippen LogP contribution >= 0.6 is 0 Å². The van der Waals surface area contributed by atoms with Crippen molar-refractivity contribution in [2.75, 3.05) is 11.9 Å². The summed E-state index contributed by atoms with van der Waals surface area (Å²) in [5.74, 6) is 0.660. The van der Waals surface area contributed by atoms with E-state index in [1.807, 2.05) is 39.6 Å². The second-order valence-electron chi connectivity index (χ2n) is 8.04. The number of aryl methyl sites for hydroxylation is 1. The van der Waals surface area contributed by atoms with Gasteiger partial charge in [0.2, 0.25) is 5.91 Å². The van der Waals surface area contributed by atoms with Crippen molar-refractivity contribution >= 4 is 11.7 Å². The van der Waals surface area contributed by atoms with Crippen LogP contribution in [0, 0.1) is 5.82 Å². The molecule has 0 bridgehead atoms. The Morgan fingerprint density at radius 1 is 1.30 bits per heavy atom. The van der Waals surface area contributed by atoms with Crippen LogP contribution in [-0.4, -0.2) is 39.5 Å². The standard InChI is InChI=1S/C20H26FN5O/c1-12(19(27)25-20(2,3)4)26(5)18-14-7-6-8-15(14)23-17(24-18)16-11-13(21)9-10-22-16/h9-12H,6-8H2,1-5H3,(H,25,27). The summed E-state index contributed by atoms with van der Waals surface area (Å²) in [5.41, 5.74) is 2.10. The lowest BCUT2D eigenvalue weighted by Crippen LogP contribution is -2.50. The molecule has 6 nitrogen and oxygen atoms in total. The van der Waals surface area contributed by atoms with Crippen molar-refractivity contribution in [2.45, 2.75) is 58.5 Å². The highest BCUT2D eigenvalue weighted by Gasteiger charge is 2.28. The quantitative estimate of drug-likeness (QED) is 0.895. The Morgan fingerprint density at radius 2 is 2.04 bits per heavy atom. The molecule has 0 spiro atoms. The van der Waals surface area contributed by atoms with E-state index in [1.165, 1.54) is 18.3 Å². The van der Waals surface area contributed by atoms with Crippen LogP contribution in [0.3, 0.4) is 0 Å². The fourth-order valence-electron chi connectivity index (χ4n) is 3.18. The van der Waals surface area contributed by atoms with E-state index < -0.39 is 6.04 Å². The lowest BCUT2D eigenvalue weighted by Gasteiger charge is -2.30. The van der Waals surface area contributed by atoms with E-state index in [0.717, 1.165) is 36.3 Å². The minimum Gasteiger partial charge on any atom is -0.350 e. The predicted molar refractivity (Wildman–Crippen MR) is 103 cm³/mol. The number of carbonyl (C=O) groups excluding carboxylic acids is 1. The number of anilines is 1. The van der Waals surface area contributed by atoms with Crippen LogP contribution in [0.25, 0.3) is 11.5 Å². The summed E-state index contributed by atoms with van der Waals surface area (Å²) in [5, 5.41) is 3.01. The minimum atomic E-state index is -0.405. The molecule has 7 heteroatoms. The van der Waals surface area contributed by atoms with Crippen LogP contribution in [-0.2, 0) is 17.6 Å². The van der Waals surface area contributed by atoms with Crippen LogP contribution in [0.15, 0.2) is 18.3 Å². The fraction of sp³-hybridized carbons (Fsp3) is 0.500. The molecule has 1 aliphatic rings. The second kappa shape index (κ2) is 7.21. The Labute approximate surface area is 159 Å². The Morgan fingerprint density at radius 3 is 2.70 bits per heavy atom. The monoisotopic (exact) mass is 371 g/mol. The van der Waals surface area contributed by atoms with Gasteiger partial charge >= 0.3 is 0 Å². The highest BCUT2D eigenvalue weighted by Crippen LogP contribution is 2.31. The van der Waals surface area contributed by atoms with E-state index in [1.54, 1.807) is 0 Å². The lowest BCUT2D eigenvalue weighted by molar-refractivity contribution is -0.123. The van der Waals surface area contributed by atoms with Crippen LogP contribution in [0.2, 0.25) is 0 Å². The fourth-order valence-corrected chi connectivity index (χ4v) is 3.18. The lowest BCUT2D eigenvalue weighted by atomic mass is 10.1. The van der Waals surface area contributed by atoms with E-state index in [0.29, 0.717) is 11.5 Å². The molecular formula is C20H26FN5O. The van der Waals surface area contributed by atoms with Gasteiger partial charge in [0.25, 0.3) is 0 Å². The molecule has 2 aromatic heterocycles. The first-order valence-corrected chi connectivity index (χ1v) is 9.22. The van der Waals surface area contributed by atoms with E-state index in [2.05, 4.69) is 20.3 Å². The highest BCUT2D eigenvalue weighted by atomic mass is 19.1. The normalized spacial score (nSPS) is 14.6. The summed E-state index contributed by atoms with van der Waals surface area (Å²) in [7, 11) is 1.86. The SMILES string of the molecule is CC(C(=O)NC(C)(C)C)N(C)c1nc(-c2cc(F)ccn2)nc2c1CCC2. The topological polar surface area (TPSA) is 71.0 Å². The number of rotatable bonds is 4. The Bertz CT molecular complexity index is 862. The summed E-state index contributed by atoms with van der Waals surface area (Å²) in [4.78, 5) is 28.0. The molecule has 0 saturated carbocycles. The third kappa shape index (κ3) is 4.23. The first-order chi connectivity index (χ1) is 12.7.